The second-order valence-corrected chi connectivity index (χ2v) is 5.62. The van der Waals surface area contributed by atoms with Gasteiger partial charge in [-0.2, -0.15) is 13.1 Å². The number of nitrogens with one attached hydrogen (secondary N) is 2. The molecule has 0 unspecified atom stereocenters. The minimum absolute atomic E-state index is 0.133. The number of hydrogen-bond donors (Lipinski definition) is 2. The van der Waals surface area contributed by atoms with E-state index in [2.05, 4.69) is 25.4 Å². The summed E-state index contributed by atoms with van der Waals surface area (Å²) >= 11 is 3.32. The lowest BCUT2D eigenvalue weighted by Crippen LogP contribution is -2.40. The van der Waals surface area contributed by atoms with Gasteiger partial charge in [-0.1, -0.05) is 28.8 Å². The maximum absolute atomic E-state index is 11.3. The van der Waals surface area contributed by atoms with Gasteiger partial charge in [0.25, 0.3) is 0 Å². The molecule has 0 bridgehead atoms. The van der Waals surface area contributed by atoms with Crippen molar-refractivity contribution >= 4 is 32.2 Å². The summed E-state index contributed by atoms with van der Waals surface area (Å²) in [6.45, 7) is 2.05. The van der Waals surface area contributed by atoms with Crippen molar-refractivity contribution in [3.8, 4) is 0 Å². The first-order chi connectivity index (χ1) is 8.02. The number of carbonyl (C=O) groups is 1. The zero-order valence-corrected chi connectivity index (χ0v) is 12.3. The Morgan fingerprint density at radius 1 is 1.24 bits per heavy atom. The van der Waals surface area contributed by atoms with Crippen LogP contribution < -0.4 is 9.44 Å². The average Bonchev–Trinajstić information content (AvgIpc) is 2.22. The topological polar surface area (TPSA) is 84.5 Å². The fourth-order valence-corrected chi connectivity index (χ4v) is 2.25. The zero-order valence-electron chi connectivity index (χ0n) is 9.87. The standard InChI is InChI=1S/C9H19BrN2O4S/c1-2-16-9(13)12-17(14,15)11-8-6-4-3-5-7-10/h11H,2-8H2,1H3,(H,12,13). The van der Waals surface area contributed by atoms with Crippen LogP contribution in [0.1, 0.15) is 32.6 Å². The van der Waals surface area contributed by atoms with Gasteiger partial charge in [0.2, 0.25) is 0 Å². The SMILES string of the molecule is CCOC(=O)NS(=O)(=O)NCCCCCCBr. The molecule has 0 fully saturated rings. The second kappa shape index (κ2) is 9.67. The van der Waals surface area contributed by atoms with Gasteiger partial charge >= 0.3 is 16.3 Å². The molecular weight excluding hydrogens is 312 g/mol. The summed E-state index contributed by atoms with van der Waals surface area (Å²) in [5.41, 5.74) is 0. The average molecular weight is 331 g/mol. The first kappa shape index (κ1) is 16.7. The van der Waals surface area contributed by atoms with Crippen LogP contribution in [0.5, 0.6) is 0 Å². The van der Waals surface area contributed by atoms with Crippen LogP contribution in [0.2, 0.25) is 0 Å². The minimum Gasteiger partial charge on any atom is -0.449 e. The molecule has 102 valence electrons. The maximum atomic E-state index is 11.3. The van der Waals surface area contributed by atoms with Crippen LogP contribution in [0.15, 0.2) is 0 Å². The van der Waals surface area contributed by atoms with E-state index in [1.807, 2.05) is 0 Å². The smallest absolute Gasteiger partial charge is 0.421 e. The monoisotopic (exact) mass is 330 g/mol. The minimum atomic E-state index is -3.78. The van der Waals surface area contributed by atoms with Crippen molar-refractivity contribution in [2.75, 3.05) is 18.5 Å². The maximum Gasteiger partial charge on any atom is 0.421 e. The number of rotatable bonds is 9. The molecule has 0 aliphatic heterocycles. The Kier molecular flexibility index (Phi) is 9.47. The van der Waals surface area contributed by atoms with Crippen LogP contribution in [0.25, 0.3) is 0 Å². The molecule has 0 aromatic heterocycles. The van der Waals surface area contributed by atoms with Gasteiger partial charge < -0.3 is 4.74 Å². The van der Waals surface area contributed by atoms with Crippen molar-refractivity contribution in [2.45, 2.75) is 32.6 Å². The Labute approximate surface area is 111 Å². The van der Waals surface area contributed by atoms with Crippen LogP contribution in [0, 0.1) is 0 Å². The number of carbonyl (C=O) groups excluding carboxylic acids is 1. The predicted octanol–water partition coefficient (Wildman–Crippen LogP) is 1.52. The zero-order chi connectivity index (χ0) is 13.1. The third kappa shape index (κ3) is 10.5. The van der Waals surface area contributed by atoms with Crippen LogP contribution in [0.4, 0.5) is 4.79 Å². The molecule has 8 heteroatoms. The third-order valence-electron chi connectivity index (χ3n) is 1.85. The van der Waals surface area contributed by atoms with E-state index in [1.165, 1.54) is 0 Å². The van der Waals surface area contributed by atoms with Gasteiger partial charge in [-0.25, -0.2) is 9.52 Å². The molecule has 0 aliphatic rings. The highest BCUT2D eigenvalue weighted by Crippen LogP contribution is 2.01. The lowest BCUT2D eigenvalue weighted by molar-refractivity contribution is 0.158. The number of alkyl halides is 1. The normalized spacial score (nSPS) is 11.2. The van der Waals surface area contributed by atoms with Crippen molar-refractivity contribution in [2.24, 2.45) is 0 Å². The van der Waals surface area contributed by atoms with E-state index in [-0.39, 0.29) is 6.61 Å². The quantitative estimate of drug-likeness (QED) is 0.496. The van der Waals surface area contributed by atoms with E-state index in [0.29, 0.717) is 6.54 Å². The molecular formula is C9H19BrN2O4S. The van der Waals surface area contributed by atoms with Gasteiger partial charge in [0.05, 0.1) is 6.61 Å². The van der Waals surface area contributed by atoms with E-state index < -0.39 is 16.3 Å². The fraction of sp³-hybridized carbons (Fsp3) is 0.889. The van der Waals surface area contributed by atoms with Crippen LogP contribution in [0.3, 0.4) is 0 Å². The Morgan fingerprint density at radius 3 is 2.47 bits per heavy atom. The van der Waals surface area contributed by atoms with E-state index in [0.717, 1.165) is 31.0 Å². The van der Waals surface area contributed by atoms with Crippen molar-refractivity contribution < 1.29 is 17.9 Å². The fourth-order valence-electron chi connectivity index (χ4n) is 1.09. The highest BCUT2D eigenvalue weighted by molar-refractivity contribution is 9.09. The summed E-state index contributed by atoms with van der Waals surface area (Å²) in [5.74, 6) is 0. The second-order valence-electron chi connectivity index (χ2n) is 3.32. The molecule has 6 nitrogen and oxygen atoms in total. The summed E-state index contributed by atoms with van der Waals surface area (Å²) < 4.78 is 31.0. The van der Waals surface area contributed by atoms with Crippen molar-refractivity contribution in [1.29, 1.82) is 0 Å². The van der Waals surface area contributed by atoms with Gasteiger partial charge in [0, 0.05) is 11.9 Å². The van der Waals surface area contributed by atoms with Crippen molar-refractivity contribution in [1.82, 2.24) is 9.44 Å². The van der Waals surface area contributed by atoms with Gasteiger partial charge in [0.15, 0.2) is 0 Å². The number of amides is 1. The Balaban J connectivity index is 3.68. The van der Waals surface area contributed by atoms with Crippen LogP contribution >= 0.6 is 15.9 Å². The Morgan fingerprint density at radius 2 is 1.88 bits per heavy atom. The largest absolute Gasteiger partial charge is 0.449 e. The lowest BCUT2D eigenvalue weighted by atomic mass is 10.2. The number of ether oxygens (including phenoxy) is 1. The van der Waals surface area contributed by atoms with E-state index in [4.69, 9.17) is 0 Å². The molecule has 0 rings (SSSR count). The van der Waals surface area contributed by atoms with Crippen molar-refractivity contribution in [3.05, 3.63) is 0 Å². The summed E-state index contributed by atoms with van der Waals surface area (Å²) in [7, 11) is -3.78. The first-order valence-electron chi connectivity index (χ1n) is 5.52. The molecule has 0 spiro atoms. The molecule has 0 aromatic carbocycles. The summed E-state index contributed by atoms with van der Waals surface area (Å²) in [6.07, 6.45) is 2.87. The molecule has 0 aromatic rings. The van der Waals surface area contributed by atoms with Crippen LogP contribution in [-0.2, 0) is 14.9 Å². The predicted molar refractivity (Wildman–Crippen MR) is 69.3 cm³/mol. The molecule has 2 N–H and O–H groups in total. The molecule has 0 aliphatic carbocycles. The number of halogens is 1. The lowest BCUT2D eigenvalue weighted by Gasteiger charge is -2.07. The Hall–Kier alpha value is -0.340. The molecule has 0 radical (unpaired) electrons. The molecule has 0 saturated heterocycles. The van der Waals surface area contributed by atoms with Crippen LogP contribution in [-0.4, -0.2) is 33.0 Å². The number of unbranched alkanes of at least 4 members (excludes halogenated alkanes) is 3. The molecule has 0 atom stereocenters. The summed E-state index contributed by atoms with van der Waals surface area (Å²) in [6, 6.07) is 0. The van der Waals surface area contributed by atoms with Gasteiger partial charge in [0.1, 0.15) is 0 Å². The molecule has 0 heterocycles. The summed E-state index contributed by atoms with van der Waals surface area (Å²) in [4.78, 5) is 10.9. The van der Waals surface area contributed by atoms with Gasteiger partial charge in [-0.15, -0.1) is 0 Å². The molecule has 1 amide bonds. The molecule has 17 heavy (non-hydrogen) atoms. The van der Waals surface area contributed by atoms with E-state index in [9.17, 15) is 13.2 Å². The Bertz CT molecular complexity index is 308. The highest BCUT2D eigenvalue weighted by Gasteiger charge is 2.13. The third-order valence-corrected chi connectivity index (χ3v) is 3.43. The van der Waals surface area contributed by atoms with E-state index in [1.54, 1.807) is 11.6 Å². The van der Waals surface area contributed by atoms with Crippen molar-refractivity contribution in [3.63, 3.8) is 0 Å². The first-order valence-corrected chi connectivity index (χ1v) is 8.12. The van der Waals surface area contributed by atoms with E-state index >= 15 is 0 Å². The highest BCUT2D eigenvalue weighted by atomic mass is 79.9. The number of hydrogen-bond acceptors (Lipinski definition) is 4. The van der Waals surface area contributed by atoms with Gasteiger partial charge in [-0.3, -0.25) is 0 Å². The van der Waals surface area contributed by atoms with Gasteiger partial charge in [-0.05, 0) is 19.8 Å². The summed E-state index contributed by atoms with van der Waals surface area (Å²) in [5, 5.41) is 0.961. The molecule has 0 saturated carbocycles.